The number of nitrogens with zero attached hydrogens (tertiary/aromatic N) is 3. The fourth-order valence-corrected chi connectivity index (χ4v) is 2.21. The van der Waals surface area contributed by atoms with Gasteiger partial charge in [0, 0.05) is 6.20 Å². The number of carbonyl (C=O) groups excluding carboxylic acids is 1. The van der Waals surface area contributed by atoms with Crippen LogP contribution in [0.3, 0.4) is 0 Å². The molecular weight excluding hydrogens is 320 g/mol. The van der Waals surface area contributed by atoms with Crippen molar-refractivity contribution in [3.63, 3.8) is 0 Å². The standard InChI is InChI=1S/C18H18N4O3/c1-2-24-14-8-6-13(7-9-14)11-16(23)20-12-17-21-22-18(25-17)15-5-3-4-10-19-15/h3-10H,2,11-12H2,1H3,(H,20,23). The number of amides is 1. The Morgan fingerprint density at radius 3 is 2.72 bits per heavy atom. The summed E-state index contributed by atoms with van der Waals surface area (Å²) in [5.41, 5.74) is 1.50. The number of nitrogens with one attached hydrogen (secondary N) is 1. The van der Waals surface area contributed by atoms with Gasteiger partial charge in [0.1, 0.15) is 11.4 Å². The third kappa shape index (κ3) is 4.63. The van der Waals surface area contributed by atoms with E-state index in [9.17, 15) is 4.79 Å². The van der Waals surface area contributed by atoms with Crippen molar-refractivity contribution in [2.45, 2.75) is 19.9 Å². The highest BCUT2D eigenvalue weighted by Crippen LogP contribution is 2.14. The Morgan fingerprint density at radius 1 is 1.16 bits per heavy atom. The summed E-state index contributed by atoms with van der Waals surface area (Å²) in [6.45, 7) is 2.72. The molecule has 2 heterocycles. The van der Waals surface area contributed by atoms with Crippen LogP contribution in [0.15, 0.2) is 53.1 Å². The molecule has 0 aliphatic rings. The van der Waals surface area contributed by atoms with Gasteiger partial charge in [0.05, 0.1) is 19.6 Å². The number of rotatable bonds is 7. The van der Waals surface area contributed by atoms with Gasteiger partial charge in [-0.15, -0.1) is 10.2 Å². The summed E-state index contributed by atoms with van der Waals surface area (Å²) in [5, 5.41) is 10.6. The van der Waals surface area contributed by atoms with Gasteiger partial charge in [-0.2, -0.15) is 0 Å². The summed E-state index contributed by atoms with van der Waals surface area (Å²) in [6.07, 6.45) is 1.92. The molecule has 3 aromatic rings. The van der Waals surface area contributed by atoms with Crippen LogP contribution in [0, 0.1) is 0 Å². The maximum absolute atomic E-state index is 12.0. The van der Waals surface area contributed by atoms with Crippen molar-refractivity contribution in [1.82, 2.24) is 20.5 Å². The third-order valence-corrected chi connectivity index (χ3v) is 3.39. The molecule has 0 unspecified atom stereocenters. The van der Waals surface area contributed by atoms with Crippen LogP contribution in [0.2, 0.25) is 0 Å². The number of hydrogen-bond donors (Lipinski definition) is 1. The first-order chi connectivity index (χ1) is 12.2. The van der Waals surface area contributed by atoms with Crippen molar-refractivity contribution in [3.05, 3.63) is 60.1 Å². The number of hydrogen-bond acceptors (Lipinski definition) is 6. The lowest BCUT2D eigenvalue weighted by Crippen LogP contribution is -2.24. The molecule has 25 heavy (non-hydrogen) atoms. The van der Waals surface area contributed by atoms with Crippen LogP contribution in [-0.2, 0) is 17.8 Å². The number of ether oxygens (including phenoxy) is 1. The van der Waals surface area contributed by atoms with E-state index in [-0.39, 0.29) is 18.9 Å². The number of aromatic nitrogens is 3. The molecule has 3 rings (SSSR count). The topological polar surface area (TPSA) is 90.1 Å². The second-order valence-electron chi connectivity index (χ2n) is 5.25. The van der Waals surface area contributed by atoms with E-state index in [1.54, 1.807) is 12.3 Å². The molecule has 0 saturated carbocycles. The summed E-state index contributed by atoms with van der Waals surface area (Å²) in [7, 11) is 0. The van der Waals surface area contributed by atoms with E-state index in [1.165, 1.54) is 0 Å². The molecule has 128 valence electrons. The van der Waals surface area contributed by atoms with Crippen molar-refractivity contribution < 1.29 is 13.9 Å². The Morgan fingerprint density at radius 2 is 2.00 bits per heavy atom. The monoisotopic (exact) mass is 338 g/mol. The van der Waals surface area contributed by atoms with E-state index >= 15 is 0 Å². The first-order valence-corrected chi connectivity index (χ1v) is 7.97. The Balaban J connectivity index is 1.51. The minimum atomic E-state index is -0.123. The maximum atomic E-state index is 12.0. The molecule has 7 heteroatoms. The Labute approximate surface area is 145 Å². The van der Waals surface area contributed by atoms with Crippen LogP contribution < -0.4 is 10.1 Å². The normalized spacial score (nSPS) is 10.4. The number of pyridine rings is 1. The number of carbonyl (C=O) groups is 1. The fraction of sp³-hybridized carbons (Fsp3) is 0.222. The lowest BCUT2D eigenvalue weighted by Gasteiger charge is -2.05. The van der Waals surface area contributed by atoms with Crippen LogP contribution in [0.25, 0.3) is 11.6 Å². The molecule has 7 nitrogen and oxygen atoms in total. The van der Waals surface area contributed by atoms with Gasteiger partial charge in [-0.05, 0) is 36.8 Å². The van der Waals surface area contributed by atoms with E-state index in [0.717, 1.165) is 11.3 Å². The molecule has 0 spiro atoms. The van der Waals surface area contributed by atoms with Crippen molar-refractivity contribution in [3.8, 4) is 17.3 Å². The lowest BCUT2D eigenvalue weighted by atomic mass is 10.1. The Kier molecular flexibility index (Phi) is 5.36. The average Bonchev–Trinajstić information content (AvgIpc) is 3.12. The third-order valence-electron chi connectivity index (χ3n) is 3.39. The van der Waals surface area contributed by atoms with Crippen LogP contribution >= 0.6 is 0 Å². The van der Waals surface area contributed by atoms with Gasteiger partial charge < -0.3 is 14.5 Å². The van der Waals surface area contributed by atoms with Gasteiger partial charge in [0.25, 0.3) is 5.89 Å². The summed E-state index contributed by atoms with van der Waals surface area (Å²) >= 11 is 0. The second kappa shape index (κ2) is 8.05. The van der Waals surface area contributed by atoms with Crippen molar-refractivity contribution in [2.24, 2.45) is 0 Å². The largest absolute Gasteiger partial charge is 0.494 e. The molecule has 0 bridgehead atoms. The first-order valence-electron chi connectivity index (χ1n) is 7.97. The van der Waals surface area contributed by atoms with E-state index in [4.69, 9.17) is 9.15 Å². The summed E-state index contributed by atoms with van der Waals surface area (Å²) in [5.74, 6) is 1.33. The van der Waals surface area contributed by atoms with Gasteiger partial charge in [0.2, 0.25) is 11.8 Å². The fourth-order valence-electron chi connectivity index (χ4n) is 2.21. The zero-order valence-corrected chi connectivity index (χ0v) is 13.8. The molecule has 1 aromatic carbocycles. The lowest BCUT2D eigenvalue weighted by molar-refractivity contribution is -0.120. The molecule has 2 aromatic heterocycles. The SMILES string of the molecule is CCOc1ccc(CC(=O)NCc2nnc(-c3ccccn3)o2)cc1. The minimum Gasteiger partial charge on any atom is -0.494 e. The van der Waals surface area contributed by atoms with E-state index in [1.807, 2.05) is 43.3 Å². The van der Waals surface area contributed by atoms with Crippen LogP contribution in [-0.4, -0.2) is 27.7 Å². The van der Waals surface area contributed by atoms with Crippen LogP contribution in [0.5, 0.6) is 5.75 Å². The van der Waals surface area contributed by atoms with Crippen LogP contribution in [0.1, 0.15) is 18.4 Å². The predicted octanol–water partition coefficient (Wildman–Crippen LogP) is 2.39. The van der Waals surface area contributed by atoms with Gasteiger partial charge in [-0.25, -0.2) is 0 Å². The second-order valence-corrected chi connectivity index (χ2v) is 5.25. The van der Waals surface area contributed by atoms with Gasteiger partial charge in [-0.1, -0.05) is 18.2 Å². The average molecular weight is 338 g/mol. The summed E-state index contributed by atoms with van der Waals surface area (Å²) in [4.78, 5) is 16.2. The highest BCUT2D eigenvalue weighted by molar-refractivity contribution is 5.78. The van der Waals surface area contributed by atoms with Crippen molar-refractivity contribution >= 4 is 5.91 Å². The predicted molar refractivity (Wildman–Crippen MR) is 90.7 cm³/mol. The molecular formula is C18H18N4O3. The molecule has 1 amide bonds. The zero-order chi connectivity index (χ0) is 17.5. The van der Waals surface area contributed by atoms with E-state index in [2.05, 4.69) is 20.5 Å². The van der Waals surface area contributed by atoms with E-state index in [0.29, 0.717) is 24.1 Å². The molecule has 0 saturated heterocycles. The van der Waals surface area contributed by atoms with Gasteiger partial charge in [-0.3, -0.25) is 9.78 Å². The minimum absolute atomic E-state index is 0.123. The Hall–Kier alpha value is -3.22. The highest BCUT2D eigenvalue weighted by Gasteiger charge is 2.10. The molecule has 0 aliphatic heterocycles. The number of benzene rings is 1. The molecule has 0 atom stereocenters. The Bertz CT molecular complexity index is 816. The van der Waals surface area contributed by atoms with Crippen molar-refractivity contribution in [1.29, 1.82) is 0 Å². The highest BCUT2D eigenvalue weighted by atomic mass is 16.5. The smallest absolute Gasteiger partial charge is 0.266 e. The summed E-state index contributed by atoms with van der Waals surface area (Å²) in [6, 6.07) is 12.9. The van der Waals surface area contributed by atoms with E-state index < -0.39 is 0 Å². The molecule has 0 radical (unpaired) electrons. The van der Waals surface area contributed by atoms with Crippen LogP contribution in [0.4, 0.5) is 0 Å². The van der Waals surface area contributed by atoms with Gasteiger partial charge in [0.15, 0.2) is 0 Å². The van der Waals surface area contributed by atoms with Crippen molar-refractivity contribution in [2.75, 3.05) is 6.61 Å². The quantitative estimate of drug-likeness (QED) is 0.711. The first kappa shape index (κ1) is 16.6. The molecule has 0 aliphatic carbocycles. The van der Waals surface area contributed by atoms with Gasteiger partial charge >= 0.3 is 0 Å². The molecule has 0 fully saturated rings. The zero-order valence-electron chi connectivity index (χ0n) is 13.8. The maximum Gasteiger partial charge on any atom is 0.266 e. The molecule has 1 N–H and O–H groups in total. The summed E-state index contributed by atoms with van der Waals surface area (Å²) < 4.78 is 10.9.